The lowest BCUT2D eigenvalue weighted by molar-refractivity contribution is 0.310. The van der Waals surface area contributed by atoms with E-state index in [1.165, 1.54) is 0 Å². The standard InChI is InChI=1S/C20H18BrN3O2/c1-4-26-19-9-13(15(21)10-18(19)25-3)8-14(11-22)20-23-16-6-5-12(2)7-17(16)24-20/h5-10H,4H2,1-3H3,(H,23,24)/b14-8-. The Morgan fingerprint density at radius 1 is 1.31 bits per heavy atom. The fourth-order valence-corrected chi connectivity index (χ4v) is 3.09. The Kier molecular flexibility index (Phi) is 5.29. The number of methoxy groups -OCH3 is 1. The summed E-state index contributed by atoms with van der Waals surface area (Å²) in [5.74, 6) is 1.80. The summed E-state index contributed by atoms with van der Waals surface area (Å²) in [5.41, 5.74) is 4.12. The first-order valence-electron chi connectivity index (χ1n) is 8.14. The summed E-state index contributed by atoms with van der Waals surface area (Å²) in [6.07, 6.45) is 1.77. The van der Waals surface area contributed by atoms with Gasteiger partial charge in [-0.2, -0.15) is 5.26 Å². The number of imidazole rings is 1. The van der Waals surface area contributed by atoms with Gasteiger partial charge in [-0.1, -0.05) is 22.0 Å². The van der Waals surface area contributed by atoms with Gasteiger partial charge >= 0.3 is 0 Å². The fourth-order valence-electron chi connectivity index (χ4n) is 2.65. The SMILES string of the molecule is CCOc1cc(/C=C(/C#N)c2nc3ccc(C)cc3[nH]2)c(Br)cc1OC. The minimum absolute atomic E-state index is 0.437. The van der Waals surface area contributed by atoms with Gasteiger partial charge in [0.25, 0.3) is 0 Å². The summed E-state index contributed by atoms with van der Waals surface area (Å²) >= 11 is 3.53. The minimum Gasteiger partial charge on any atom is -0.493 e. The number of halogens is 1. The van der Waals surface area contributed by atoms with Crippen molar-refractivity contribution in [2.45, 2.75) is 13.8 Å². The quantitative estimate of drug-likeness (QED) is 0.592. The highest BCUT2D eigenvalue weighted by Crippen LogP contribution is 2.35. The number of ether oxygens (including phenoxy) is 2. The van der Waals surface area contributed by atoms with Crippen molar-refractivity contribution < 1.29 is 9.47 Å². The van der Waals surface area contributed by atoms with Gasteiger partial charge in [0, 0.05) is 4.47 Å². The van der Waals surface area contributed by atoms with E-state index < -0.39 is 0 Å². The van der Waals surface area contributed by atoms with Crippen molar-refractivity contribution in [1.29, 1.82) is 5.26 Å². The third-order valence-corrected chi connectivity index (χ3v) is 4.58. The monoisotopic (exact) mass is 411 g/mol. The predicted octanol–water partition coefficient (Wildman–Crippen LogP) is 5.11. The molecule has 0 amide bonds. The molecular formula is C20H18BrN3O2. The molecule has 0 saturated heterocycles. The molecule has 0 spiro atoms. The van der Waals surface area contributed by atoms with Crippen LogP contribution in [0, 0.1) is 18.3 Å². The molecule has 26 heavy (non-hydrogen) atoms. The van der Waals surface area contributed by atoms with Gasteiger partial charge in [0.1, 0.15) is 11.9 Å². The van der Waals surface area contributed by atoms with Crippen molar-refractivity contribution in [3.8, 4) is 17.6 Å². The summed E-state index contributed by atoms with van der Waals surface area (Å²) in [5, 5.41) is 9.64. The van der Waals surface area contributed by atoms with Crippen LogP contribution in [0.25, 0.3) is 22.7 Å². The van der Waals surface area contributed by atoms with Gasteiger partial charge in [0.05, 0.1) is 30.3 Å². The molecule has 1 heterocycles. The summed E-state index contributed by atoms with van der Waals surface area (Å²) in [6.45, 7) is 4.45. The third kappa shape index (κ3) is 3.58. The molecule has 132 valence electrons. The predicted molar refractivity (Wildman–Crippen MR) is 106 cm³/mol. The number of hydrogen-bond acceptors (Lipinski definition) is 4. The first-order chi connectivity index (χ1) is 12.5. The Morgan fingerprint density at radius 2 is 2.12 bits per heavy atom. The number of H-pyrrole nitrogens is 1. The molecule has 0 aliphatic rings. The van der Waals surface area contributed by atoms with Crippen LogP contribution in [0.1, 0.15) is 23.9 Å². The lowest BCUT2D eigenvalue weighted by atomic mass is 10.1. The van der Waals surface area contributed by atoms with Gasteiger partial charge in [-0.3, -0.25) is 0 Å². The second-order valence-corrected chi connectivity index (χ2v) is 6.59. The highest BCUT2D eigenvalue weighted by molar-refractivity contribution is 9.10. The number of aromatic nitrogens is 2. The van der Waals surface area contributed by atoms with Crippen LogP contribution in [0.3, 0.4) is 0 Å². The number of benzene rings is 2. The summed E-state index contributed by atoms with van der Waals surface area (Å²) < 4.78 is 11.8. The van der Waals surface area contributed by atoms with Crippen molar-refractivity contribution in [2.75, 3.05) is 13.7 Å². The third-order valence-electron chi connectivity index (χ3n) is 3.90. The maximum atomic E-state index is 9.64. The average molecular weight is 412 g/mol. The van der Waals surface area contributed by atoms with Crippen LogP contribution < -0.4 is 9.47 Å². The average Bonchev–Trinajstić information content (AvgIpc) is 3.04. The molecule has 3 aromatic rings. The largest absolute Gasteiger partial charge is 0.493 e. The zero-order valence-electron chi connectivity index (χ0n) is 14.8. The lowest BCUT2D eigenvalue weighted by Gasteiger charge is -2.11. The van der Waals surface area contributed by atoms with Crippen LogP contribution in [0.4, 0.5) is 0 Å². The summed E-state index contributed by atoms with van der Waals surface area (Å²) in [7, 11) is 1.59. The number of nitriles is 1. The number of aryl methyl sites for hydroxylation is 1. The van der Waals surface area contributed by atoms with Crippen LogP contribution in [-0.4, -0.2) is 23.7 Å². The van der Waals surface area contributed by atoms with Crippen LogP contribution in [0.15, 0.2) is 34.8 Å². The topological polar surface area (TPSA) is 70.9 Å². The molecule has 5 nitrogen and oxygen atoms in total. The Hall–Kier alpha value is -2.78. The normalized spacial score (nSPS) is 11.4. The van der Waals surface area contributed by atoms with Gasteiger partial charge < -0.3 is 14.5 Å². The molecule has 0 saturated carbocycles. The van der Waals surface area contributed by atoms with Crippen molar-refractivity contribution >= 4 is 38.6 Å². The first-order valence-corrected chi connectivity index (χ1v) is 8.94. The number of allylic oxidation sites excluding steroid dienone is 1. The van der Waals surface area contributed by atoms with Gasteiger partial charge in [0.15, 0.2) is 11.5 Å². The molecule has 0 unspecified atom stereocenters. The summed E-state index contributed by atoms with van der Waals surface area (Å²) in [6, 6.07) is 11.8. The van der Waals surface area contributed by atoms with E-state index in [-0.39, 0.29) is 0 Å². The van der Waals surface area contributed by atoms with E-state index in [9.17, 15) is 5.26 Å². The molecule has 1 N–H and O–H groups in total. The van der Waals surface area contributed by atoms with Gasteiger partial charge in [-0.15, -0.1) is 0 Å². The molecule has 0 radical (unpaired) electrons. The van der Waals surface area contributed by atoms with Crippen LogP contribution >= 0.6 is 15.9 Å². The maximum absolute atomic E-state index is 9.64. The van der Waals surface area contributed by atoms with Crippen molar-refractivity contribution in [3.05, 3.63) is 51.8 Å². The number of nitrogens with one attached hydrogen (secondary N) is 1. The Labute approximate surface area is 160 Å². The van der Waals surface area contributed by atoms with Crippen LogP contribution in [0.5, 0.6) is 11.5 Å². The second-order valence-electron chi connectivity index (χ2n) is 5.73. The molecule has 0 aliphatic carbocycles. The first kappa shape index (κ1) is 18.0. The second kappa shape index (κ2) is 7.63. The van der Waals surface area contributed by atoms with Crippen LogP contribution in [-0.2, 0) is 0 Å². The van der Waals surface area contributed by atoms with Crippen molar-refractivity contribution in [2.24, 2.45) is 0 Å². The molecule has 0 aliphatic heterocycles. The number of aromatic amines is 1. The van der Waals surface area contributed by atoms with E-state index in [0.717, 1.165) is 26.6 Å². The van der Waals surface area contributed by atoms with E-state index >= 15 is 0 Å². The van der Waals surface area contributed by atoms with E-state index in [1.807, 2.05) is 44.2 Å². The van der Waals surface area contributed by atoms with E-state index in [0.29, 0.717) is 29.5 Å². The molecule has 0 fully saturated rings. The maximum Gasteiger partial charge on any atom is 0.161 e. The lowest BCUT2D eigenvalue weighted by Crippen LogP contribution is -1.96. The van der Waals surface area contributed by atoms with Crippen molar-refractivity contribution in [1.82, 2.24) is 9.97 Å². The number of rotatable bonds is 5. The minimum atomic E-state index is 0.437. The molecule has 0 bridgehead atoms. The fraction of sp³-hybridized carbons (Fsp3) is 0.200. The molecule has 3 rings (SSSR count). The molecular weight excluding hydrogens is 394 g/mol. The summed E-state index contributed by atoms with van der Waals surface area (Å²) in [4.78, 5) is 7.74. The van der Waals surface area contributed by atoms with Crippen LogP contribution in [0.2, 0.25) is 0 Å². The Bertz CT molecular complexity index is 1030. The van der Waals surface area contributed by atoms with E-state index in [4.69, 9.17) is 9.47 Å². The highest BCUT2D eigenvalue weighted by Gasteiger charge is 2.12. The number of fused-ring (bicyclic) bond motifs is 1. The van der Waals surface area contributed by atoms with Gasteiger partial charge in [-0.25, -0.2) is 4.98 Å². The number of hydrogen-bond donors (Lipinski definition) is 1. The molecule has 2 aromatic carbocycles. The number of nitrogens with zero attached hydrogens (tertiary/aromatic N) is 2. The van der Waals surface area contributed by atoms with Gasteiger partial charge in [-0.05, 0) is 55.3 Å². The molecule has 6 heteroatoms. The van der Waals surface area contributed by atoms with Gasteiger partial charge in [0.2, 0.25) is 0 Å². The Balaban J connectivity index is 2.08. The highest BCUT2D eigenvalue weighted by atomic mass is 79.9. The zero-order valence-corrected chi connectivity index (χ0v) is 16.3. The van der Waals surface area contributed by atoms with E-state index in [1.54, 1.807) is 13.2 Å². The van der Waals surface area contributed by atoms with Crippen molar-refractivity contribution in [3.63, 3.8) is 0 Å². The molecule has 0 atom stereocenters. The zero-order chi connectivity index (χ0) is 18.7. The Morgan fingerprint density at radius 3 is 2.81 bits per heavy atom. The smallest absolute Gasteiger partial charge is 0.161 e. The molecule has 1 aromatic heterocycles. The van der Waals surface area contributed by atoms with E-state index in [2.05, 4.69) is 32.0 Å².